The van der Waals surface area contributed by atoms with Gasteiger partial charge in [-0.2, -0.15) is 0 Å². The molecule has 0 saturated heterocycles. The number of aromatic nitrogens is 1. The van der Waals surface area contributed by atoms with Crippen molar-refractivity contribution in [1.29, 1.82) is 0 Å². The summed E-state index contributed by atoms with van der Waals surface area (Å²) in [5, 5.41) is 2.09. The second-order valence-electron chi connectivity index (χ2n) is 5.11. The second kappa shape index (κ2) is 6.53. The molecule has 0 fully saturated rings. The summed E-state index contributed by atoms with van der Waals surface area (Å²) < 4.78 is 27.0. The molecule has 0 radical (unpaired) electrons. The molecule has 0 atom stereocenters. The molecule has 4 nitrogen and oxygen atoms in total. The summed E-state index contributed by atoms with van der Waals surface area (Å²) in [4.78, 5) is 3.30. The maximum absolute atomic E-state index is 12.2. The van der Waals surface area contributed by atoms with Gasteiger partial charge in [-0.3, -0.25) is 0 Å². The fourth-order valence-corrected chi connectivity index (χ4v) is 3.91. The van der Waals surface area contributed by atoms with Crippen LogP contribution in [0.1, 0.15) is 5.56 Å². The van der Waals surface area contributed by atoms with E-state index in [0.29, 0.717) is 23.0 Å². The third-order valence-corrected chi connectivity index (χ3v) is 5.45. The van der Waals surface area contributed by atoms with Crippen LogP contribution in [0.25, 0.3) is 10.9 Å². The van der Waals surface area contributed by atoms with Gasteiger partial charge >= 0.3 is 0 Å². The van der Waals surface area contributed by atoms with Crippen molar-refractivity contribution in [1.82, 2.24) is 9.71 Å². The molecule has 3 rings (SSSR count). The van der Waals surface area contributed by atoms with Gasteiger partial charge in [0.15, 0.2) is 0 Å². The average Bonchev–Trinajstić information content (AvgIpc) is 2.89. The lowest BCUT2D eigenvalue weighted by Crippen LogP contribution is -2.25. The molecule has 120 valence electrons. The highest BCUT2D eigenvalue weighted by Gasteiger charge is 2.14. The van der Waals surface area contributed by atoms with Crippen molar-refractivity contribution in [2.75, 3.05) is 6.54 Å². The molecule has 2 N–H and O–H groups in total. The van der Waals surface area contributed by atoms with Crippen LogP contribution in [0, 0.1) is 0 Å². The lowest BCUT2D eigenvalue weighted by molar-refractivity contribution is 0.581. The highest BCUT2D eigenvalue weighted by atomic mass is 35.5. The van der Waals surface area contributed by atoms with Crippen LogP contribution in [0.2, 0.25) is 10.0 Å². The Hall–Kier alpha value is -1.53. The largest absolute Gasteiger partial charge is 0.361 e. The third-order valence-electron chi connectivity index (χ3n) is 3.52. The van der Waals surface area contributed by atoms with Crippen molar-refractivity contribution in [3.05, 3.63) is 64.3 Å². The van der Waals surface area contributed by atoms with Gasteiger partial charge in [0, 0.05) is 33.7 Å². The summed E-state index contributed by atoms with van der Waals surface area (Å²) >= 11 is 11.8. The minimum Gasteiger partial charge on any atom is -0.361 e. The van der Waals surface area contributed by atoms with Crippen LogP contribution >= 0.6 is 23.2 Å². The monoisotopic (exact) mass is 368 g/mol. The Kier molecular flexibility index (Phi) is 4.64. The molecular formula is C16H14Cl2N2O2S. The normalized spacial score (nSPS) is 11.9. The molecule has 1 heterocycles. The van der Waals surface area contributed by atoms with E-state index in [9.17, 15) is 8.42 Å². The smallest absolute Gasteiger partial charge is 0.240 e. The maximum atomic E-state index is 12.2. The van der Waals surface area contributed by atoms with Crippen molar-refractivity contribution in [2.24, 2.45) is 0 Å². The van der Waals surface area contributed by atoms with E-state index in [1.165, 1.54) is 12.1 Å². The Morgan fingerprint density at radius 1 is 1.04 bits per heavy atom. The first kappa shape index (κ1) is 16.3. The minimum atomic E-state index is -3.56. The summed E-state index contributed by atoms with van der Waals surface area (Å²) in [6.45, 7) is 0.296. The average molecular weight is 369 g/mol. The van der Waals surface area contributed by atoms with Gasteiger partial charge in [-0.25, -0.2) is 13.1 Å². The van der Waals surface area contributed by atoms with Crippen molar-refractivity contribution >= 4 is 44.1 Å². The van der Waals surface area contributed by atoms with Gasteiger partial charge in [-0.15, -0.1) is 0 Å². The minimum absolute atomic E-state index is 0.163. The summed E-state index contributed by atoms with van der Waals surface area (Å²) in [5.41, 5.74) is 1.97. The molecule has 0 aliphatic rings. The maximum Gasteiger partial charge on any atom is 0.240 e. The van der Waals surface area contributed by atoms with Gasteiger partial charge < -0.3 is 4.98 Å². The Bertz CT molecular complexity index is 952. The molecule has 0 saturated carbocycles. The first-order chi connectivity index (χ1) is 11.0. The number of fused-ring (bicyclic) bond motifs is 1. The molecule has 3 aromatic rings. The van der Waals surface area contributed by atoms with Gasteiger partial charge in [0.25, 0.3) is 0 Å². The molecule has 0 unspecified atom stereocenters. The number of benzene rings is 2. The van der Waals surface area contributed by atoms with Gasteiger partial charge in [-0.1, -0.05) is 35.3 Å². The molecular weight excluding hydrogens is 355 g/mol. The first-order valence-corrected chi connectivity index (χ1v) is 9.20. The van der Waals surface area contributed by atoms with Crippen LogP contribution in [0.4, 0.5) is 0 Å². The summed E-state index contributed by atoms with van der Waals surface area (Å²) in [5.74, 6) is 0. The van der Waals surface area contributed by atoms with Gasteiger partial charge in [0.1, 0.15) is 0 Å². The zero-order chi connectivity index (χ0) is 16.4. The van der Waals surface area contributed by atoms with E-state index in [-0.39, 0.29) is 4.90 Å². The molecule has 2 aromatic carbocycles. The van der Waals surface area contributed by atoms with Crippen LogP contribution in [-0.4, -0.2) is 19.9 Å². The van der Waals surface area contributed by atoms with Crippen LogP contribution in [0.15, 0.2) is 53.6 Å². The van der Waals surface area contributed by atoms with E-state index in [0.717, 1.165) is 16.5 Å². The molecule has 0 aliphatic heterocycles. The zero-order valence-electron chi connectivity index (χ0n) is 12.0. The topological polar surface area (TPSA) is 62.0 Å². The third kappa shape index (κ3) is 3.70. The number of hydrogen-bond acceptors (Lipinski definition) is 2. The summed E-state index contributed by atoms with van der Waals surface area (Å²) in [6.07, 6.45) is 2.44. The Balaban J connectivity index is 1.71. The molecule has 0 aliphatic carbocycles. The van der Waals surface area contributed by atoms with E-state index in [4.69, 9.17) is 23.2 Å². The number of halogens is 2. The second-order valence-corrected chi connectivity index (χ2v) is 7.75. The van der Waals surface area contributed by atoms with E-state index in [2.05, 4.69) is 9.71 Å². The Morgan fingerprint density at radius 2 is 1.83 bits per heavy atom. The molecule has 0 amide bonds. The highest BCUT2D eigenvalue weighted by molar-refractivity contribution is 7.89. The van der Waals surface area contributed by atoms with E-state index in [1.807, 2.05) is 24.4 Å². The van der Waals surface area contributed by atoms with Crippen molar-refractivity contribution < 1.29 is 8.42 Å². The Labute approximate surface area is 144 Å². The van der Waals surface area contributed by atoms with E-state index < -0.39 is 10.0 Å². The van der Waals surface area contributed by atoms with Crippen molar-refractivity contribution in [2.45, 2.75) is 11.3 Å². The van der Waals surface area contributed by atoms with Crippen molar-refractivity contribution in [3.8, 4) is 0 Å². The molecule has 7 heteroatoms. The van der Waals surface area contributed by atoms with Crippen LogP contribution < -0.4 is 4.72 Å². The Morgan fingerprint density at radius 3 is 2.61 bits per heavy atom. The highest BCUT2D eigenvalue weighted by Crippen LogP contribution is 2.22. The van der Waals surface area contributed by atoms with Gasteiger partial charge in [0.05, 0.1) is 4.90 Å². The number of rotatable bonds is 5. The first-order valence-electron chi connectivity index (χ1n) is 6.96. The van der Waals surface area contributed by atoms with E-state index in [1.54, 1.807) is 12.1 Å². The quantitative estimate of drug-likeness (QED) is 0.714. The number of H-pyrrole nitrogens is 1. The number of sulfonamides is 1. The SMILES string of the molecule is O=S(=O)(NCCc1c[nH]c2cc(Cl)ccc12)c1cccc(Cl)c1. The zero-order valence-corrected chi connectivity index (χ0v) is 14.3. The van der Waals surface area contributed by atoms with Crippen LogP contribution in [-0.2, 0) is 16.4 Å². The predicted octanol–water partition coefficient (Wildman–Crippen LogP) is 4.00. The summed E-state index contributed by atoms with van der Waals surface area (Å²) in [7, 11) is -3.56. The van der Waals surface area contributed by atoms with Crippen LogP contribution in [0.3, 0.4) is 0 Å². The standard InChI is InChI=1S/C16H14Cl2N2O2S/c17-12-2-1-3-14(8-12)23(21,22)20-7-6-11-10-19-16-9-13(18)4-5-15(11)16/h1-5,8-10,19-20H,6-7H2. The lowest BCUT2D eigenvalue weighted by Gasteiger charge is -2.07. The van der Waals surface area contributed by atoms with Crippen LogP contribution in [0.5, 0.6) is 0 Å². The summed E-state index contributed by atoms with van der Waals surface area (Å²) in [6, 6.07) is 11.8. The fraction of sp³-hybridized carbons (Fsp3) is 0.125. The van der Waals surface area contributed by atoms with Gasteiger partial charge in [0.2, 0.25) is 10.0 Å². The molecule has 0 bridgehead atoms. The number of aromatic amines is 1. The fourth-order valence-electron chi connectivity index (χ4n) is 2.40. The van der Waals surface area contributed by atoms with Gasteiger partial charge in [-0.05, 0) is 42.3 Å². The predicted molar refractivity (Wildman–Crippen MR) is 93.7 cm³/mol. The molecule has 1 aromatic heterocycles. The number of hydrogen-bond donors (Lipinski definition) is 2. The number of nitrogens with one attached hydrogen (secondary N) is 2. The molecule has 23 heavy (non-hydrogen) atoms. The molecule has 0 spiro atoms. The van der Waals surface area contributed by atoms with Crippen molar-refractivity contribution in [3.63, 3.8) is 0 Å². The lowest BCUT2D eigenvalue weighted by atomic mass is 10.1. The van der Waals surface area contributed by atoms with E-state index >= 15 is 0 Å².